The molecule has 0 fully saturated rings. The highest BCUT2D eigenvalue weighted by atomic mass is 32.1. The molecule has 0 spiro atoms. The fourth-order valence-corrected chi connectivity index (χ4v) is 4.10. The van der Waals surface area contributed by atoms with Crippen LogP contribution in [-0.4, -0.2) is 33.0 Å². The summed E-state index contributed by atoms with van der Waals surface area (Å²) in [5, 5.41) is 17.3. The van der Waals surface area contributed by atoms with E-state index in [1.807, 2.05) is 54.6 Å². The summed E-state index contributed by atoms with van der Waals surface area (Å²) in [6.07, 6.45) is 4.78. The Kier molecular flexibility index (Phi) is 6.91. The zero-order valence-corrected chi connectivity index (χ0v) is 18.9. The molecule has 0 aliphatic rings. The number of hydrogen-bond donors (Lipinski definition) is 1. The van der Waals surface area contributed by atoms with Gasteiger partial charge < -0.3 is 4.74 Å². The maximum Gasteiger partial charge on any atom is 0.261 e. The molecular weight excluding hydrogens is 422 g/mol. The lowest BCUT2D eigenvalue weighted by Gasteiger charge is -2.05. The van der Waals surface area contributed by atoms with Crippen LogP contribution in [0.25, 0.3) is 11.3 Å². The highest BCUT2D eigenvalue weighted by Crippen LogP contribution is 2.27. The van der Waals surface area contributed by atoms with Gasteiger partial charge >= 0.3 is 0 Å². The van der Waals surface area contributed by atoms with Crippen molar-refractivity contribution in [1.82, 2.24) is 20.0 Å². The van der Waals surface area contributed by atoms with Crippen molar-refractivity contribution >= 4 is 22.4 Å². The van der Waals surface area contributed by atoms with Gasteiger partial charge in [-0.25, -0.2) is 0 Å². The number of anilines is 1. The molecule has 0 radical (unpaired) electrons. The molecule has 1 amide bonds. The number of nitrogens with zero attached hydrogens (tertiary/aromatic N) is 4. The van der Waals surface area contributed by atoms with Crippen molar-refractivity contribution in [2.24, 2.45) is 0 Å². The summed E-state index contributed by atoms with van der Waals surface area (Å²) in [6, 6.07) is 17.6. The Morgan fingerprint density at radius 3 is 2.75 bits per heavy atom. The number of unbranched alkanes of at least 4 members (excludes halogenated alkanes) is 1. The van der Waals surface area contributed by atoms with Gasteiger partial charge in [0.15, 0.2) is 0 Å². The van der Waals surface area contributed by atoms with Gasteiger partial charge in [0.25, 0.3) is 5.91 Å². The van der Waals surface area contributed by atoms with Crippen molar-refractivity contribution in [2.45, 2.75) is 32.7 Å². The van der Waals surface area contributed by atoms with Crippen molar-refractivity contribution in [1.29, 1.82) is 0 Å². The summed E-state index contributed by atoms with van der Waals surface area (Å²) in [5.74, 6) is 0.441. The van der Waals surface area contributed by atoms with E-state index in [-0.39, 0.29) is 5.91 Å². The zero-order valence-electron chi connectivity index (χ0n) is 18.1. The molecule has 8 heteroatoms. The van der Waals surface area contributed by atoms with E-state index < -0.39 is 0 Å². The van der Waals surface area contributed by atoms with E-state index in [1.54, 1.807) is 18.0 Å². The molecular formula is C24H25N5O2S. The molecule has 0 unspecified atom stereocenters. The first-order valence-corrected chi connectivity index (χ1v) is 11.4. The smallest absolute Gasteiger partial charge is 0.261 e. The average Bonchev–Trinajstić information content (AvgIpc) is 3.45. The first kappa shape index (κ1) is 21.7. The number of nitrogens with one attached hydrogen (secondary N) is 1. The van der Waals surface area contributed by atoms with Crippen LogP contribution in [0.2, 0.25) is 0 Å². The third kappa shape index (κ3) is 5.20. The van der Waals surface area contributed by atoms with Crippen molar-refractivity contribution in [3.63, 3.8) is 0 Å². The van der Waals surface area contributed by atoms with Gasteiger partial charge in [0, 0.05) is 18.2 Å². The molecule has 32 heavy (non-hydrogen) atoms. The highest BCUT2D eigenvalue weighted by molar-refractivity contribution is 7.15. The van der Waals surface area contributed by atoms with Crippen LogP contribution in [0.3, 0.4) is 0 Å². The highest BCUT2D eigenvalue weighted by Gasteiger charge is 2.20. The molecule has 2 aromatic carbocycles. The number of carbonyl (C=O) groups excluding carboxylic acids is 1. The number of hydrogen-bond acceptors (Lipinski definition) is 6. The molecule has 2 heterocycles. The van der Waals surface area contributed by atoms with Gasteiger partial charge in [-0.05, 0) is 24.1 Å². The monoisotopic (exact) mass is 447 g/mol. The van der Waals surface area contributed by atoms with Gasteiger partial charge in [0.2, 0.25) is 5.13 Å². The number of ether oxygens (including phenoxy) is 1. The Balaban J connectivity index is 1.63. The Morgan fingerprint density at radius 1 is 1.12 bits per heavy atom. The third-order valence-corrected chi connectivity index (χ3v) is 5.87. The number of benzene rings is 2. The van der Waals surface area contributed by atoms with E-state index in [1.165, 1.54) is 11.3 Å². The molecule has 7 nitrogen and oxygen atoms in total. The Labute approximate surface area is 191 Å². The Hall–Kier alpha value is -3.52. The van der Waals surface area contributed by atoms with E-state index in [9.17, 15) is 4.79 Å². The van der Waals surface area contributed by atoms with Gasteiger partial charge in [-0.1, -0.05) is 67.1 Å². The van der Waals surface area contributed by atoms with Gasteiger partial charge in [-0.2, -0.15) is 5.10 Å². The molecule has 0 saturated heterocycles. The average molecular weight is 448 g/mol. The van der Waals surface area contributed by atoms with Gasteiger partial charge in [-0.3, -0.25) is 14.8 Å². The van der Waals surface area contributed by atoms with Crippen LogP contribution < -0.4 is 10.1 Å². The molecule has 164 valence electrons. The number of methoxy groups -OCH3 is 1. The van der Waals surface area contributed by atoms with Crippen molar-refractivity contribution in [3.05, 3.63) is 76.9 Å². The molecule has 4 rings (SSSR count). The zero-order chi connectivity index (χ0) is 22.3. The Bertz CT molecular complexity index is 1190. The molecule has 0 aliphatic carbocycles. The van der Waals surface area contributed by atoms with Crippen LogP contribution in [0, 0.1) is 0 Å². The first-order chi connectivity index (χ1) is 15.7. The minimum atomic E-state index is -0.264. The van der Waals surface area contributed by atoms with Crippen LogP contribution >= 0.6 is 11.3 Å². The number of rotatable bonds is 9. The second-order valence-electron chi connectivity index (χ2n) is 7.37. The summed E-state index contributed by atoms with van der Waals surface area (Å²) in [7, 11) is 1.62. The lowest BCUT2D eigenvalue weighted by molar-refractivity contribution is 0.102. The summed E-state index contributed by atoms with van der Waals surface area (Å²) in [5.41, 5.74) is 2.97. The minimum Gasteiger partial charge on any atom is -0.497 e. The summed E-state index contributed by atoms with van der Waals surface area (Å²) >= 11 is 1.41. The molecule has 0 aliphatic heterocycles. The normalized spacial score (nSPS) is 10.8. The number of aryl methyl sites for hydroxylation is 1. The maximum atomic E-state index is 13.2. The topological polar surface area (TPSA) is 81.9 Å². The van der Waals surface area contributed by atoms with E-state index in [0.29, 0.717) is 28.7 Å². The third-order valence-electron chi connectivity index (χ3n) is 4.97. The number of aromatic nitrogens is 4. The van der Waals surface area contributed by atoms with Crippen LogP contribution in [-0.2, 0) is 13.0 Å². The Morgan fingerprint density at radius 2 is 1.97 bits per heavy atom. The molecule has 1 N–H and O–H groups in total. The number of amides is 1. The van der Waals surface area contributed by atoms with Crippen molar-refractivity contribution in [3.8, 4) is 17.0 Å². The lowest BCUT2D eigenvalue weighted by Crippen LogP contribution is -2.12. The van der Waals surface area contributed by atoms with Crippen molar-refractivity contribution < 1.29 is 9.53 Å². The molecule has 0 atom stereocenters. The molecule has 0 bridgehead atoms. The fourth-order valence-electron chi connectivity index (χ4n) is 3.32. The van der Waals surface area contributed by atoms with Gasteiger partial charge in [-0.15, -0.1) is 10.2 Å². The second-order valence-corrected chi connectivity index (χ2v) is 8.43. The largest absolute Gasteiger partial charge is 0.497 e. The van der Waals surface area contributed by atoms with E-state index in [0.717, 1.165) is 35.4 Å². The van der Waals surface area contributed by atoms with Crippen LogP contribution in [0.4, 0.5) is 5.13 Å². The molecule has 4 aromatic rings. The summed E-state index contributed by atoms with van der Waals surface area (Å²) in [4.78, 5) is 13.2. The SMILES string of the molecule is CCCCc1nnc(NC(=O)c2cn(Cc3ccccc3)nc2-c2cccc(OC)c2)s1. The molecule has 2 aromatic heterocycles. The maximum absolute atomic E-state index is 13.2. The summed E-state index contributed by atoms with van der Waals surface area (Å²) in [6.45, 7) is 2.70. The van der Waals surface area contributed by atoms with E-state index >= 15 is 0 Å². The van der Waals surface area contributed by atoms with Gasteiger partial charge in [0.1, 0.15) is 16.5 Å². The standard InChI is InChI=1S/C24H25N5O2S/c1-3-4-13-21-26-27-24(32-21)25-23(30)20-16-29(15-17-9-6-5-7-10-17)28-22(20)18-11-8-12-19(14-18)31-2/h5-12,14,16H,3-4,13,15H2,1-2H3,(H,25,27,30). The van der Waals surface area contributed by atoms with Gasteiger partial charge in [0.05, 0.1) is 19.2 Å². The van der Waals surface area contributed by atoms with Crippen LogP contribution in [0.5, 0.6) is 5.75 Å². The fraction of sp³-hybridized carbons (Fsp3) is 0.250. The van der Waals surface area contributed by atoms with E-state index in [4.69, 9.17) is 9.84 Å². The van der Waals surface area contributed by atoms with Crippen LogP contribution in [0.15, 0.2) is 60.8 Å². The van der Waals surface area contributed by atoms with Crippen LogP contribution in [0.1, 0.15) is 40.7 Å². The lowest BCUT2D eigenvalue weighted by atomic mass is 10.1. The predicted molar refractivity (Wildman–Crippen MR) is 126 cm³/mol. The summed E-state index contributed by atoms with van der Waals surface area (Å²) < 4.78 is 7.14. The predicted octanol–water partition coefficient (Wildman–Crippen LogP) is 5.05. The first-order valence-electron chi connectivity index (χ1n) is 10.6. The second kappa shape index (κ2) is 10.2. The quantitative estimate of drug-likeness (QED) is 0.388. The minimum absolute atomic E-state index is 0.264. The van der Waals surface area contributed by atoms with E-state index in [2.05, 4.69) is 22.4 Å². The molecule has 0 saturated carbocycles. The number of carbonyl (C=O) groups is 1. The van der Waals surface area contributed by atoms with Crippen molar-refractivity contribution in [2.75, 3.05) is 12.4 Å².